The maximum Gasteiger partial charge on any atom is 0.253 e. The Morgan fingerprint density at radius 1 is 1.00 bits per heavy atom. The lowest BCUT2D eigenvalue weighted by Gasteiger charge is -2.50. The number of hydrogen-bond donors (Lipinski definition) is 0. The molecule has 30 heavy (non-hydrogen) atoms. The molecular weight excluding hydrogens is 372 g/mol. The van der Waals surface area contributed by atoms with Gasteiger partial charge in [0.2, 0.25) is 0 Å². The molecule has 1 aliphatic heterocycles. The number of rotatable bonds is 4. The van der Waals surface area contributed by atoms with E-state index in [4.69, 9.17) is 0 Å². The van der Waals surface area contributed by atoms with Gasteiger partial charge in [0.15, 0.2) is 0 Å². The first-order chi connectivity index (χ1) is 14.2. The monoisotopic (exact) mass is 404 g/mol. The van der Waals surface area contributed by atoms with Crippen LogP contribution in [-0.2, 0) is 6.54 Å². The van der Waals surface area contributed by atoms with Crippen molar-refractivity contribution in [3.63, 3.8) is 0 Å². The van der Waals surface area contributed by atoms with Crippen LogP contribution in [0.15, 0.2) is 54.6 Å². The molecule has 2 aromatic rings. The van der Waals surface area contributed by atoms with Crippen LogP contribution in [-0.4, -0.2) is 41.8 Å². The normalized spacial score (nSPS) is 24.5. The first-order valence-electron chi connectivity index (χ1n) is 10.9. The van der Waals surface area contributed by atoms with Gasteiger partial charge < -0.3 is 9.80 Å². The lowest BCUT2D eigenvalue weighted by atomic mass is 9.63. The van der Waals surface area contributed by atoms with E-state index < -0.39 is 0 Å². The maximum atomic E-state index is 13.2. The van der Waals surface area contributed by atoms with Gasteiger partial charge in [-0.2, -0.15) is 0 Å². The van der Waals surface area contributed by atoms with E-state index in [1.807, 2.05) is 54.6 Å². The number of carbonyl (C=O) groups is 2. The van der Waals surface area contributed by atoms with Crippen LogP contribution in [0.3, 0.4) is 0 Å². The fraction of sp³-hybridized carbons (Fsp3) is 0.462. The Bertz CT molecular complexity index is 935. The van der Waals surface area contributed by atoms with Crippen LogP contribution in [0.4, 0.5) is 0 Å². The van der Waals surface area contributed by atoms with Crippen LogP contribution >= 0.6 is 0 Å². The summed E-state index contributed by atoms with van der Waals surface area (Å²) in [7, 11) is 1.81. The number of amides is 2. The SMILES string of the molecule is CN(Cc1ccc(C(=O)N2CC3CCC(C)(C2)C3(C)C)cc1)C(=O)c1ccccc1. The molecule has 0 spiro atoms. The number of nitrogens with zero attached hydrogens (tertiary/aromatic N) is 2. The predicted molar refractivity (Wildman–Crippen MR) is 119 cm³/mol. The molecule has 2 amide bonds. The largest absolute Gasteiger partial charge is 0.338 e. The van der Waals surface area contributed by atoms with E-state index in [2.05, 4.69) is 25.7 Å². The minimum Gasteiger partial charge on any atom is -0.338 e. The summed E-state index contributed by atoms with van der Waals surface area (Å²) < 4.78 is 0. The number of hydrogen-bond acceptors (Lipinski definition) is 2. The Balaban J connectivity index is 1.41. The van der Waals surface area contributed by atoms with Gasteiger partial charge in [-0.1, -0.05) is 51.1 Å². The fourth-order valence-electron chi connectivity index (χ4n) is 5.26. The fourth-order valence-corrected chi connectivity index (χ4v) is 5.26. The highest BCUT2D eigenvalue weighted by atomic mass is 16.2. The molecule has 2 fully saturated rings. The van der Waals surface area contributed by atoms with Gasteiger partial charge in [0.1, 0.15) is 0 Å². The summed E-state index contributed by atoms with van der Waals surface area (Å²) in [6.45, 7) is 9.29. The first-order valence-corrected chi connectivity index (χ1v) is 10.9. The minimum atomic E-state index is -0.00426. The van der Waals surface area contributed by atoms with Crippen molar-refractivity contribution < 1.29 is 9.59 Å². The number of likely N-dealkylation sites (tertiary alicyclic amines) is 1. The van der Waals surface area contributed by atoms with Gasteiger partial charge in [-0.3, -0.25) is 9.59 Å². The molecule has 1 saturated heterocycles. The molecule has 1 heterocycles. The standard InChI is InChI=1S/C26H32N2O2/c1-25(2)22-14-15-26(25,3)18-28(17-22)24(30)21-12-10-19(11-13-21)16-27(4)23(29)20-8-6-5-7-9-20/h5-13,22H,14-18H2,1-4H3. The van der Waals surface area contributed by atoms with Gasteiger partial charge in [-0.15, -0.1) is 0 Å². The lowest BCUT2D eigenvalue weighted by Crippen LogP contribution is -2.53. The summed E-state index contributed by atoms with van der Waals surface area (Å²) in [5.41, 5.74) is 2.93. The summed E-state index contributed by atoms with van der Waals surface area (Å²) in [4.78, 5) is 29.5. The molecule has 4 rings (SSSR count). The Labute approximate surface area is 179 Å². The quantitative estimate of drug-likeness (QED) is 0.730. The number of carbonyl (C=O) groups excluding carboxylic acids is 2. The molecule has 0 radical (unpaired) electrons. The second kappa shape index (κ2) is 7.57. The third-order valence-corrected chi connectivity index (χ3v) is 7.88. The van der Waals surface area contributed by atoms with Crippen LogP contribution in [0.2, 0.25) is 0 Å². The molecule has 2 atom stereocenters. The number of benzene rings is 2. The van der Waals surface area contributed by atoms with Crippen LogP contribution < -0.4 is 0 Å². The van der Waals surface area contributed by atoms with E-state index in [0.29, 0.717) is 23.4 Å². The highest BCUT2D eigenvalue weighted by Crippen LogP contribution is 2.59. The van der Waals surface area contributed by atoms with Gasteiger partial charge >= 0.3 is 0 Å². The smallest absolute Gasteiger partial charge is 0.253 e. The molecule has 2 unspecified atom stereocenters. The molecule has 1 saturated carbocycles. The van der Waals surface area contributed by atoms with Crippen LogP contribution in [0.1, 0.15) is 59.9 Å². The molecule has 0 N–H and O–H groups in total. The Kier molecular flexibility index (Phi) is 5.21. The molecule has 2 aromatic carbocycles. The van der Waals surface area contributed by atoms with Gasteiger partial charge in [0.05, 0.1) is 0 Å². The zero-order chi connectivity index (χ0) is 21.5. The Morgan fingerprint density at radius 3 is 2.30 bits per heavy atom. The van der Waals surface area contributed by atoms with E-state index >= 15 is 0 Å². The van der Waals surface area contributed by atoms with E-state index in [-0.39, 0.29) is 17.2 Å². The van der Waals surface area contributed by atoms with E-state index in [0.717, 1.165) is 24.2 Å². The molecule has 1 aliphatic carbocycles. The van der Waals surface area contributed by atoms with Crippen molar-refractivity contribution in [2.24, 2.45) is 16.7 Å². The first kappa shape index (κ1) is 20.6. The average molecular weight is 405 g/mol. The summed E-state index contributed by atoms with van der Waals surface area (Å²) >= 11 is 0. The molecule has 4 heteroatoms. The van der Waals surface area contributed by atoms with Gasteiger partial charge in [-0.05, 0) is 59.4 Å². The third-order valence-electron chi connectivity index (χ3n) is 7.88. The van der Waals surface area contributed by atoms with Gasteiger partial charge in [0.25, 0.3) is 11.8 Å². The average Bonchev–Trinajstić information content (AvgIpc) is 2.88. The van der Waals surface area contributed by atoms with Gasteiger partial charge in [-0.25, -0.2) is 0 Å². The lowest BCUT2D eigenvalue weighted by molar-refractivity contribution is -0.0107. The summed E-state index contributed by atoms with van der Waals surface area (Å²) in [5, 5.41) is 0. The number of fused-ring (bicyclic) bond motifs is 2. The maximum absolute atomic E-state index is 13.2. The summed E-state index contributed by atoms with van der Waals surface area (Å²) in [6.07, 6.45) is 2.42. The van der Waals surface area contributed by atoms with E-state index in [1.165, 1.54) is 12.8 Å². The zero-order valence-corrected chi connectivity index (χ0v) is 18.5. The van der Waals surface area contributed by atoms with Crippen LogP contribution in [0.5, 0.6) is 0 Å². The summed E-state index contributed by atoms with van der Waals surface area (Å²) in [5.74, 6) is 0.705. The predicted octanol–water partition coefficient (Wildman–Crippen LogP) is 4.86. The van der Waals surface area contributed by atoms with E-state index in [1.54, 1.807) is 11.9 Å². The zero-order valence-electron chi connectivity index (χ0n) is 18.5. The molecule has 2 aliphatic rings. The highest BCUT2D eigenvalue weighted by molar-refractivity contribution is 5.95. The van der Waals surface area contributed by atoms with Crippen molar-refractivity contribution in [3.8, 4) is 0 Å². The third kappa shape index (κ3) is 3.53. The second-order valence-electron chi connectivity index (χ2n) is 9.93. The van der Waals surface area contributed by atoms with Crippen molar-refractivity contribution in [2.45, 2.75) is 40.2 Å². The van der Waals surface area contributed by atoms with Crippen LogP contribution in [0.25, 0.3) is 0 Å². The molecule has 0 aromatic heterocycles. The minimum absolute atomic E-state index is 0.00426. The van der Waals surface area contributed by atoms with Crippen LogP contribution in [0, 0.1) is 16.7 Å². The van der Waals surface area contributed by atoms with Crippen molar-refractivity contribution >= 4 is 11.8 Å². The number of piperidine rings is 1. The van der Waals surface area contributed by atoms with Crippen molar-refractivity contribution in [1.82, 2.24) is 9.80 Å². The Morgan fingerprint density at radius 2 is 1.67 bits per heavy atom. The van der Waals surface area contributed by atoms with Gasteiger partial charge in [0, 0.05) is 37.8 Å². The molecular formula is C26H32N2O2. The highest BCUT2D eigenvalue weighted by Gasteiger charge is 2.56. The van der Waals surface area contributed by atoms with E-state index in [9.17, 15) is 9.59 Å². The molecule has 158 valence electrons. The summed E-state index contributed by atoms with van der Waals surface area (Å²) in [6, 6.07) is 17.0. The van der Waals surface area contributed by atoms with Crippen molar-refractivity contribution in [3.05, 3.63) is 71.3 Å². The van der Waals surface area contributed by atoms with Crippen molar-refractivity contribution in [2.75, 3.05) is 20.1 Å². The second-order valence-corrected chi connectivity index (χ2v) is 9.93. The molecule has 2 bridgehead atoms. The topological polar surface area (TPSA) is 40.6 Å². The van der Waals surface area contributed by atoms with Crippen molar-refractivity contribution in [1.29, 1.82) is 0 Å². The Hall–Kier alpha value is -2.62. The molecule has 4 nitrogen and oxygen atoms in total.